The first-order valence-electron chi connectivity index (χ1n) is 13.2. The van der Waals surface area contributed by atoms with Gasteiger partial charge in [0.1, 0.15) is 12.2 Å². The zero-order chi connectivity index (χ0) is 27.1. The van der Waals surface area contributed by atoms with E-state index in [0.717, 1.165) is 37.3 Å². The van der Waals surface area contributed by atoms with Gasteiger partial charge in [0.2, 0.25) is 0 Å². The number of alkyl halides is 1. The zero-order valence-corrected chi connectivity index (χ0v) is 22.4. The van der Waals surface area contributed by atoms with Gasteiger partial charge >= 0.3 is 0 Å². The predicted octanol–water partition coefficient (Wildman–Crippen LogP) is 4.08. The lowest BCUT2D eigenvalue weighted by molar-refractivity contribution is -0.125. The summed E-state index contributed by atoms with van der Waals surface area (Å²) in [5.74, 6) is 0.350. The lowest BCUT2D eigenvalue weighted by Gasteiger charge is -2.30. The first-order valence-corrected chi connectivity index (χ1v) is 13.2. The van der Waals surface area contributed by atoms with Crippen molar-refractivity contribution in [2.75, 3.05) is 25.3 Å². The monoisotopic (exact) mass is 517 g/mol. The van der Waals surface area contributed by atoms with Gasteiger partial charge in [-0.05, 0) is 74.8 Å². The number of aromatic nitrogens is 1. The molecule has 0 bridgehead atoms. The summed E-state index contributed by atoms with van der Waals surface area (Å²) in [6.07, 6.45) is 7.44. The van der Waals surface area contributed by atoms with Gasteiger partial charge in [0, 0.05) is 36.3 Å². The highest BCUT2D eigenvalue weighted by Crippen LogP contribution is 2.51. The third-order valence-corrected chi connectivity index (χ3v) is 7.75. The van der Waals surface area contributed by atoms with Crippen molar-refractivity contribution in [2.24, 2.45) is 15.7 Å². The molecule has 4 aliphatic rings. The third-order valence-electron chi connectivity index (χ3n) is 7.75. The molecule has 8 nitrogen and oxygen atoms in total. The van der Waals surface area contributed by atoms with Crippen molar-refractivity contribution < 1.29 is 9.18 Å². The molecule has 2 aliphatic carbocycles. The normalized spacial score (nSPS) is 22.0. The summed E-state index contributed by atoms with van der Waals surface area (Å²) in [7, 11) is 1.50. The molecule has 38 heavy (non-hydrogen) atoms. The number of rotatable bonds is 6. The minimum absolute atomic E-state index is 0.0895. The number of nitrogens with one attached hydrogen (secondary N) is 1. The van der Waals surface area contributed by atoms with Crippen molar-refractivity contribution in [1.82, 2.24) is 15.3 Å². The van der Waals surface area contributed by atoms with E-state index in [9.17, 15) is 9.18 Å². The van der Waals surface area contributed by atoms with Crippen molar-refractivity contribution in [2.45, 2.75) is 62.9 Å². The highest BCUT2D eigenvalue weighted by molar-refractivity contribution is 6.32. The van der Waals surface area contributed by atoms with Crippen molar-refractivity contribution in [3.05, 3.63) is 65.1 Å². The summed E-state index contributed by atoms with van der Waals surface area (Å²) in [6.45, 7) is 8.55. The second kappa shape index (κ2) is 10.0. The molecule has 200 valence electrons. The van der Waals surface area contributed by atoms with Crippen LogP contribution in [0.3, 0.4) is 0 Å². The Bertz CT molecular complexity index is 1310. The Morgan fingerprint density at radius 1 is 1.26 bits per heavy atom. The fourth-order valence-electron chi connectivity index (χ4n) is 5.29. The average Bonchev–Trinajstić information content (AvgIpc) is 3.88. The van der Waals surface area contributed by atoms with E-state index in [1.807, 2.05) is 37.1 Å². The summed E-state index contributed by atoms with van der Waals surface area (Å²) in [4.78, 5) is 27.0. The molecule has 1 saturated heterocycles. The molecule has 6 rings (SSSR count). The highest BCUT2D eigenvalue weighted by Gasteiger charge is 2.48. The van der Waals surface area contributed by atoms with Crippen LogP contribution in [0.1, 0.15) is 56.4 Å². The van der Waals surface area contributed by atoms with Crippen LogP contribution in [-0.2, 0) is 22.2 Å². The number of nitrogens with zero attached hydrogens (tertiary/aromatic N) is 5. The molecule has 0 atom stereocenters. The van der Waals surface area contributed by atoms with Gasteiger partial charge in [0.25, 0.3) is 5.91 Å². The Morgan fingerprint density at radius 2 is 2.03 bits per heavy atom. The van der Waals surface area contributed by atoms with Gasteiger partial charge in [-0.1, -0.05) is 19.9 Å². The Kier molecular flexibility index (Phi) is 6.92. The van der Waals surface area contributed by atoms with Gasteiger partial charge in [-0.15, -0.1) is 0 Å². The second-order valence-electron chi connectivity index (χ2n) is 11.0. The lowest BCUT2D eigenvalue weighted by atomic mass is 9.88. The number of benzene rings is 1. The Morgan fingerprint density at radius 3 is 2.68 bits per heavy atom. The van der Waals surface area contributed by atoms with Crippen LogP contribution in [0.15, 0.2) is 58.3 Å². The molecule has 0 unspecified atom stereocenters. The number of carbonyl (C=O) groups is 1. The maximum Gasteiger partial charge on any atom is 0.278 e. The van der Waals surface area contributed by atoms with Crippen LogP contribution in [-0.4, -0.2) is 54.8 Å². The molecule has 1 aromatic carbocycles. The van der Waals surface area contributed by atoms with Crippen LogP contribution in [0.4, 0.5) is 15.8 Å². The topological polar surface area (TPSA) is 99.2 Å². The number of aliphatic imine (C=N–C) groups is 2. The molecule has 3 N–H and O–H groups in total. The number of pyridine rings is 1. The first kappa shape index (κ1) is 26.2. The molecule has 3 heterocycles. The van der Waals surface area contributed by atoms with E-state index < -0.39 is 12.1 Å². The van der Waals surface area contributed by atoms with Gasteiger partial charge in [-0.3, -0.25) is 19.2 Å². The number of carbonyl (C=O) groups excluding carboxylic acids is 1. The van der Waals surface area contributed by atoms with E-state index >= 15 is 0 Å². The number of anilines is 1. The number of hydrogen-bond acceptors (Lipinski definition) is 6. The van der Waals surface area contributed by atoms with Crippen molar-refractivity contribution in [3.8, 4) is 0 Å². The lowest BCUT2D eigenvalue weighted by Crippen LogP contribution is -2.43. The maximum atomic E-state index is 13.8. The molecular formula is C29H36FN7O. The minimum Gasteiger partial charge on any atom is -0.333 e. The molecule has 3 fully saturated rings. The van der Waals surface area contributed by atoms with Crippen molar-refractivity contribution >= 4 is 29.8 Å². The van der Waals surface area contributed by atoms with Crippen molar-refractivity contribution in [3.63, 3.8) is 0 Å². The van der Waals surface area contributed by atoms with E-state index in [-0.39, 0.29) is 17.4 Å². The van der Waals surface area contributed by atoms with Crippen LogP contribution in [0.5, 0.6) is 0 Å². The van der Waals surface area contributed by atoms with E-state index in [4.69, 9.17) is 4.99 Å². The highest BCUT2D eigenvalue weighted by atomic mass is 19.1. The summed E-state index contributed by atoms with van der Waals surface area (Å²) >= 11 is 0. The molecule has 2 aromatic rings. The number of amides is 1. The Labute approximate surface area is 223 Å². The van der Waals surface area contributed by atoms with Crippen molar-refractivity contribution in [1.29, 1.82) is 0 Å². The second-order valence-corrected chi connectivity index (χ2v) is 11.0. The van der Waals surface area contributed by atoms with E-state index in [0.29, 0.717) is 17.1 Å². The first-order chi connectivity index (χ1) is 18.4. The van der Waals surface area contributed by atoms with Gasteiger partial charge in [0.05, 0.1) is 23.1 Å². The SMILES string of the molecule is C=N/C=C1/C(=O)N(C2CC2)N(c2ccnc(C(C)(C)CF)c2)C1=Nc1ccc2c(c1)CNCC21CC1.CN. The average molecular weight is 518 g/mol. The quantitative estimate of drug-likeness (QED) is 0.444. The third kappa shape index (κ3) is 4.54. The summed E-state index contributed by atoms with van der Waals surface area (Å²) in [5.41, 5.74) is 9.25. The Balaban J connectivity index is 0.00000144. The fourth-order valence-corrected chi connectivity index (χ4v) is 5.29. The fraction of sp³-hybridized carbons (Fsp3) is 0.448. The van der Waals surface area contributed by atoms with Crippen LogP contribution in [0, 0.1) is 0 Å². The molecule has 0 radical (unpaired) electrons. The molecule has 2 aliphatic heterocycles. The van der Waals surface area contributed by atoms with Gasteiger partial charge in [0.15, 0.2) is 5.84 Å². The summed E-state index contributed by atoms with van der Waals surface area (Å²) in [5, 5.41) is 7.17. The predicted molar refractivity (Wildman–Crippen MR) is 149 cm³/mol. The Hall–Kier alpha value is -3.43. The standard InChI is InChI=1S/C28H31FN6O.CH5N/c1-27(2,16-29)24-13-21(8-11-32-24)34-25(22(15-30-3)26(36)35(34)20-5-6-20)33-19-4-7-23-18(12-19)14-31-17-28(23)9-10-28;1-2/h4,7-8,11-13,15,20,31H,3,5-6,9-10,14,16-17H2,1-2H3;2H2,1H3/b22-15+,33-25?;. The number of nitrogens with two attached hydrogens (primary N) is 1. The van der Waals surface area contributed by atoms with Crippen LogP contribution < -0.4 is 16.1 Å². The van der Waals surface area contributed by atoms with Gasteiger partial charge in [-0.25, -0.2) is 15.0 Å². The zero-order valence-electron chi connectivity index (χ0n) is 22.4. The van der Waals surface area contributed by atoms with Gasteiger partial charge in [-0.2, -0.15) is 0 Å². The number of amidine groups is 1. The minimum atomic E-state index is -0.743. The number of hydrazine groups is 1. The molecule has 9 heteroatoms. The van der Waals surface area contributed by atoms with Crippen LogP contribution in [0.25, 0.3) is 0 Å². The number of fused-ring (bicyclic) bond motifs is 2. The maximum absolute atomic E-state index is 13.8. The van der Waals surface area contributed by atoms with E-state index in [1.165, 1.54) is 37.2 Å². The summed E-state index contributed by atoms with van der Waals surface area (Å²) in [6, 6.07) is 10.2. The van der Waals surface area contributed by atoms with E-state index in [1.54, 1.807) is 11.2 Å². The molecule has 1 aromatic heterocycles. The largest absolute Gasteiger partial charge is 0.333 e. The van der Waals surface area contributed by atoms with Crippen LogP contribution in [0.2, 0.25) is 0 Å². The number of hydrogen-bond donors (Lipinski definition) is 2. The van der Waals surface area contributed by atoms with Gasteiger partial charge < -0.3 is 11.1 Å². The number of halogens is 1. The molecule has 2 saturated carbocycles. The molecule has 1 amide bonds. The summed E-state index contributed by atoms with van der Waals surface area (Å²) < 4.78 is 13.8. The molecular weight excluding hydrogens is 481 g/mol. The van der Waals surface area contributed by atoms with Crippen LogP contribution >= 0.6 is 0 Å². The molecule has 1 spiro atoms. The smallest absolute Gasteiger partial charge is 0.278 e. The van der Waals surface area contributed by atoms with E-state index in [2.05, 4.69) is 39.9 Å².